The third-order valence-corrected chi connectivity index (χ3v) is 4.28. The van der Waals surface area contributed by atoms with Crippen LogP contribution in [0.25, 0.3) is 22.6 Å². The van der Waals surface area contributed by atoms with E-state index >= 15 is 0 Å². The smallest absolute Gasteiger partial charge is 0.240 e. The molecule has 2 aromatic carbocycles. The number of benzene rings is 2. The SMILES string of the molecule is CCCCNCC(O)COc1nc(-c2ccccc2)[nH]c1-c1ccccc1. The molecule has 0 saturated heterocycles. The van der Waals surface area contributed by atoms with Crippen LogP contribution in [0, 0.1) is 0 Å². The second-order valence-electron chi connectivity index (χ2n) is 6.52. The molecule has 1 atom stereocenters. The Morgan fingerprint density at radius 1 is 1.04 bits per heavy atom. The first-order chi connectivity index (χ1) is 13.3. The van der Waals surface area contributed by atoms with E-state index in [1.165, 1.54) is 0 Å². The van der Waals surface area contributed by atoms with Crippen molar-refractivity contribution >= 4 is 0 Å². The zero-order valence-electron chi connectivity index (χ0n) is 15.7. The Balaban J connectivity index is 1.74. The minimum absolute atomic E-state index is 0.193. The summed E-state index contributed by atoms with van der Waals surface area (Å²) in [5.74, 6) is 1.26. The van der Waals surface area contributed by atoms with Crippen molar-refractivity contribution < 1.29 is 9.84 Å². The summed E-state index contributed by atoms with van der Waals surface area (Å²) >= 11 is 0. The van der Waals surface area contributed by atoms with Gasteiger partial charge in [0.25, 0.3) is 0 Å². The maximum Gasteiger partial charge on any atom is 0.240 e. The van der Waals surface area contributed by atoms with Crippen molar-refractivity contribution in [2.75, 3.05) is 19.7 Å². The number of nitrogens with one attached hydrogen (secondary N) is 2. The minimum Gasteiger partial charge on any atom is -0.473 e. The summed E-state index contributed by atoms with van der Waals surface area (Å²) in [5, 5.41) is 13.4. The molecule has 1 heterocycles. The van der Waals surface area contributed by atoms with Crippen LogP contribution < -0.4 is 10.1 Å². The monoisotopic (exact) mass is 365 g/mol. The molecule has 0 aliphatic carbocycles. The molecule has 3 rings (SSSR count). The lowest BCUT2D eigenvalue weighted by molar-refractivity contribution is 0.104. The van der Waals surface area contributed by atoms with Gasteiger partial charge in [-0.2, -0.15) is 4.98 Å². The van der Waals surface area contributed by atoms with Gasteiger partial charge >= 0.3 is 0 Å². The van der Waals surface area contributed by atoms with E-state index < -0.39 is 6.10 Å². The van der Waals surface area contributed by atoms with E-state index in [9.17, 15) is 5.11 Å². The van der Waals surface area contributed by atoms with Gasteiger partial charge in [-0.1, -0.05) is 74.0 Å². The number of aliphatic hydroxyl groups excluding tert-OH is 1. The molecule has 3 N–H and O–H groups in total. The van der Waals surface area contributed by atoms with Gasteiger partial charge in [0.05, 0.1) is 0 Å². The summed E-state index contributed by atoms with van der Waals surface area (Å²) in [5.41, 5.74) is 2.81. The highest BCUT2D eigenvalue weighted by atomic mass is 16.5. The Hall–Kier alpha value is -2.63. The van der Waals surface area contributed by atoms with Crippen LogP contribution in [0.5, 0.6) is 5.88 Å². The predicted octanol–water partition coefficient (Wildman–Crippen LogP) is 3.87. The van der Waals surface area contributed by atoms with Gasteiger partial charge in [-0.15, -0.1) is 0 Å². The average molecular weight is 365 g/mol. The lowest BCUT2D eigenvalue weighted by atomic mass is 10.1. The molecule has 0 fully saturated rings. The van der Waals surface area contributed by atoms with Gasteiger partial charge in [-0.05, 0) is 13.0 Å². The lowest BCUT2D eigenvalue weighted by Crippen LogP contribution is -2.32. The van der Waals surface area contributed by atoms with Crippen LogP contribution in [0.3, 0.4) is 0 Å². The molecule has 0 bridgehead atoms. The molecule has 5 heteroatoms. The third kappa shape index (κ3) is 5.42. The maximum atomic E-state index is 10.2. The van der Waals surface area contributed by atoms with E-state index in [4.69, 9.17) is 4.74 Å². The topological polar surface area (TPSA) is 70.2 Å². The Morgan fingerprint density at radius 2 is 1.70 bits per heavy atom. The molecule has 0 radical (unpaired) electrons. The predicted molar refractivity (Wildman–Crippen MR) is 109 cm³/mol. The number of rotatable bonds is 10. The van der Waals surface area contributed by atoms with Gasteiger partial charge in [0.15, 0.2) is 0 Å². The van der Waals surface area contributed by atoms with Crippen LogP contribution in [0.2, 0.25) is 0 Å². The Morgan fingerprint density at radius 3 is 2.37 bits per heavy atom. The number of aliphatic hydroxyl groups is 1. The largest absolute Gasteiger partial charge is 0.473 e. The van der Waals surface area contributed by atoms with Crippen molar-refractivity contribution in [1.82, 2.24) is 15.3 Å². The molecule has 0 aliphatic heterocycles. The first kappa shape index (κ1) is 19.1. The van der Waals surface area contributed by atoms with Gasteiger partial charge in [0, 0.05) is 17.7 Å². The average Bonchev–Trinajstić information content (AvgIpc) is 3.15. The van der Waals surface area contributed by atoms with E-state index in [1.54, 1.807) is 0 Å². The molecule has 27 heavy (non-hydrogen) atoms. The second-order valence-corrected chi connectivity index (χ2v) is 6.52. The van der Waals surface area contributed by atoms with Crippen molar-refractivity contribution in [3.8, 4) is 28.5 Å². The van der Waals surface area contributed by atoms with Crippen LogP contribution in [0.1, 0.15) is 19.8 Å². The third-order valence-electron chi connectivity index (χ3n) is 4.28. The summed E-state index contributed by atoms with van der Waals surface area (Å²) < 4.78 is 5.88. The molecule has 1 unspecified atom stereocenters. The lowest BCUT2D eigenvalue weighted by Gasteiger charge is -2.12. The molecule has 1 aromatic heterocycles. The summed E-state index contributed by atoms with van der Waals surface area (Å²) in [6.45, 7) is 3.76. The van der Waals surface area contributed by atoms with Crippen LogP contribution in [0.4, 0.5) is 0 Å². The zero-order chi connectivity index (χ0) is 18.9. The molecule has 3 aromatic rings. The van der Waals surface area contributed by atoms with Crippen LogP contribution in [-0.4, -0.2) is 40.9 Å². The Kier molecular flexibility index (Phi) is 7.02. The second kappa shape index (κ2) is 9.90. The Bertz CT molecular complexity index is 803. The first-order valence-electron chi connectivity index (χ1n) is 9.50. The molecule has 0 amide bonds. The summed E-state index contributed by atoms with van der Waals surface area (Å²) in [7, 11) is 0. The van der Waals surface area contributed by atoms with Gasteiger partial charge in [-0.25, -0.2) is 0 Å². The number of ether oxygens (including phenoxy) is 1. The number of hydrogen-bond donors (Lipinski definition) is 3. The minimum atomic E-state index is -0.581. The molecule has 0 spiro atoms. The summed E-state index contributed by atoms with van der Waals surface area (Å²) in [4.78, 5) is 7.99. The molecule has 142 valence electrons. The van der Waals surface area contributed by atoms with Gasteiger partial charge in [0.1, 0.15) is 24.2 Å². The van der Waals surface area contributed by atoms with E-state index in [2.05, 4.69) is 22.2 Å². The molecule has 0 saturated carbocycles. The van der Waals surface area contributed by atoms with Gasteiger partial charge < -0.3 is 20.1 Å². The van der Waals surface area contributed by atoms with Gasteiger partial charge in [-0.3, -0.25) is 0 Å². The fraction of sp³-hybridized carbons (Fsp3) is 0.318. The van der Waals surface area contributed by atoms with Crippen molar-refractivity contribution in [1.29, 1.82) is 0 Å². The number of hydrogen-bond acceptors (Lipinski definition) is 4. The first-order valence-corrected chi connectivity index (χ1v) is 9.50. The number of H-pyrrole nitrogens is 1. The van der Waals surface area contributed by atoms with E-state index in [0.29, 0.717) is 12.4 Å². The highest BCUT2D eigenvalue weighted by molar-refractivity contribution is 5.69. The summed E-state index contributed by atoms with van der Waals surface area (Å²) in [6.07, 6.45) is 1.66. The van der Waals surface area contributed by atoms with Gasteiger partial charge in [0.2, 0.25) is 5.88 Å². The normalized spacial score (nSPS) is 12.1. The van der Waals surface area contributed by atoms with Crippen LogP contribution in [-0.2, 0) is 0 Å². The van der Waals surface area contributed by atoms with Crippen molar-refractivity contribution in [2.45, 2.75) is 25.9 Å². The molecular formula is C22H27N3O2. The van der Waals surface area contributed by atoms with Crippen molar-refractivity contribution in [2.24, 2.45) is 0 Å². The Labute approximate surface area is 160 Å². The quantitative estimate of drug-likeness (QED) is 0.477. The molecular weight excluding hydrogens is 338 g/mol. The molecule has 0 aliphatic rings. The number of aromatic amines is 1. The van der Waals surface area contributed by atoms with E-state index in [0.717, 1.165) is 42.0 Å². The fourth-order valence-electron chi connectivity index (χ4n) is 2.80. The highest BCUT2D eigenvalue weighted by Crippen LogP contribution is 2.31. The molecule has 5 nitrogen and oxygen atoms in total. The standard InChI is InChI=1S/C22H27N3O2/c1-2-3-14-23-15-19(26)16-27-22-20(17-10-6-4-7-11-17)24-21(25-22)18-12-8-5-9-13-18/h4-13,19,23,26H,2-3,14-16H2,1H3,(H,24,25). The number of nitrogens with zero attached hydrogens (tertiary/aromatic N) is 1. The fourth-order valence-corrected chi connectivity index (χ4v) is 2.80. The van der Waals surface area contributed by atoms with E-state index in [-0.39, 0.29) is 6.61 Å². The van der Waals surface area contributed by atoms with Crippen molar-refractivity contribution in [3.05, 3.63) is 60.7 Å². The maximum absolute atomic E-state index is 10.2. The van der Waals surface area contributed by atoms with Crippen molar-refractivity contribution in [3.63, 3.8) is 0 Å². The highest BCUT2D eigenvalue weighted by Gasteiger charge is 2.16. The zero-order valence-corrected chi connectivity index (χ0v) is 15.7. The van der Waals surface area contributed by atoms with Crippen LogP contribution >= 0.6 is 0 Å². The number of imidazole rings is 1. The number of aromatic nitrogens is 2. The van der Waals surface area contributed by atoms with Crippen LogP contribution in [0.15, 0.2) is 60.7 Å². The summed E-state index contributed by atoms with van der Waals surface area (Å²) in [6, 6.07) is 19.9. The van der Waals surface area contributed by atoms with E-state index in [1.807, 2.05) is 60.7 Å². The number of unbranched alkanes of at least 4 members (excludes halogenated alkanes) is 1.